The maximum absolute atomic E-state index is 12.2. The summed E-state index contributed by atoms with van der Waals surface area (Å²) in [6.07, 6.45) is 2.46. The van der Waals surface area contributed by atoms with Crippen molar-refractivity contribution < 1.29 is 19.0 Å². The van der Waals surface area contributed by atoms with Crippen LogP contribution in [0.4, 0.5) is 11.6 Å². The second-order valence-corrected chi connectivity index (χ2v) is 7.44. The van der Waals surface area contributed by atoms with Crippen molar-refractivity contribution in [1.29, 1.82) is 0 Å². The fourth-order valence-corrected chi connectivity index (χ4v) is 2.90. The maximum Gasteiger partial charge on any atom is 0.280 e. The highest BCUT2D eigenvalue weighted by atomic mass is 35.5. The Bertz CT molecular complexity index is 941. The number of unbranched alkanes of at least 4 members (excludes halogenated alkanes) is 1. The van der Waals surface area contributed by atoms with Crippen molar-refractivity contribution in [3.63, 3.8) is 0 Å². The third kappa shape index (κ3) is 8.72. The quantitative estimate of drug-likeness (QED) is 0.199. The molecule has 2 rings (SSSR count). The number of nitrogens with one attached hydrogen (secondary N) is 1. The topological polar surface area (TPSA) is 173 Å². The van der Waals surface area contributed by atoms with Gasteiger partial charge in [0.1, 0.15) is 18.5 Å². The number of anilines is 2. The summed E-state index contributed by atoms with van der Waals surface area (Å²) in [6, 6.07) is 7.90. The number of amides is 1. The molecule has 1 aromatic heterocycles. The number of hydrogen-bond donors (Lipinski definition) is 4. The first-order chi connectivity index (χ1) is 15.8. The Morgan fingerprint density at radius 1 is 1.12 bits per heavy atom. The van der Waals surface area contributed by atoms with E-state index in [0.717, 1.165) is 25.0 Å². The summed E-state index contributed by atoms with van der Waals surface area (Å²) in [5.74, 6) is -0.135. The van der Waals surface area contributed by atoms with Gasteiger partial charge in [0, 0.05) is 20.8 Å². The van der Waals surface area contributed by atoms with Crippen molar-refractivity contribution >= 4 is 35.1 Å². The van der Waals surface area contributed by atoms with E-state index in [2.05, 4.69) is 20.3 Å². The van der Waals surface area contributed by atoms with Gasteiger partial charge in [-0.05, 0) is 37.0 Å². The van der Waals surface area contributed by atoms with E-state index in [1.807, 2.05) is 24.3 Å². The van der Waals surface area contributed by atoms with Crippen LogP contribution in [0.3, 0.4) is 0 Å². The number of rotatable bonds is 12. The van der Waals surface area contributed by atoms with Crippen LogP contribution in [0.1, 0.15) is 28.9 Å². The molecule has 0 aliphatic rings. The van der Waals surface area contributed by atoms with Crippen molar-refractivity contribution in [2.24, 2.45) is 10.7 Å². The summed E-state index contributed by atoms with van der Waals surface area (Å²) < 4.78 is 16.1. The number of hydrogen-bond acceptors (Lipinski definition) is 9. The number of ether oxygens (including phenoxy) is 3. The fraction of sp³-hybridized carbons (Fsp3) is 0.429. The third-order valence-corrected chi connectivity index (χ3v) is 4.84. The summed E-state index contributed by atoms with van der Waals surface area (Å²) in [6.45, 7) is 1.35. The Balaban J connectivity index is 1.72. The van der Waals surface area contributed by atoms with Gasteiger partial charge in [-0.3, -0.25) is 15.1 Å². The van der Waals surface area contributed by atoms with Crippen LogP contribution in [0.25, 0.3) is 0 Å². The van der Waals surface area contributed by atoms with Crippen LogP contribution in [-0.2, 0) is 15.9 Å². The van der Waals surface area contributed by atoms with Gasteiger partial charge in [-0.2, -0.15) is 0 Å². The Hall–Kier alpha value is -3.15. The van der Waals surface area contributed by atoms with Gasteiger partial charge in [0.15, 0.2) is 28.4 Å². The highest BCUT2D eigenvalue weighted by molar-refractivity contribution is 6.31. The predicted molar refractivity (Wildman–Crippen MR) is 127 cm³/mol. The Kier molecular flexibility index (Phi) is 10.6. The van der Waals surface area contributed by atoms with Gasteiger partial charge in [0.2, 0.25) is 0 Å². The van der Waals surface area contributed by atoms with Crippen LogP contribution < -0.4 is 27.3 Å². The van der Waals surface area contributed by atoms with E-state index in [-0.39, 0.29) is 34.5 Å². The molecule has 0 bridgehead atoms. The second kappa shape index (κ2) is 13.4. The lowest BCUT2D eigenvalue weighted by atomic mass is 10.1. The number of nitrogens with two attached hydrogens (primary N) is 3. The second-order valence-electron chi connectivity index (χ2n) is 7.08. The van der Waals surface area contributed by atoms with E-state index in [4.69, 9.17) is 43.0 Å². The molecule has 180 valence electrons. The molecule has 11 nitrogen and oxygen atoms in total. The molecule has 0 spiro atoms. The van der Waals surface area contributed by atoms with E-state index < -0.39 is 5.91 Å². The molecule has 0 radical (unpaired) electrons. The van der Waals surface area contributed by atoms with E-state index >= 15 is 0 Å². The first-order valence-corrected chi connectivity index (χ1v) is 10.6. The van der Waals surface area contributed by atoms with Crippen LogP contribution in [0, 0.1) is 0 Å². The summed E-state index contributed by atoms with van der Waals surface area (Å²) in [7, 11) is 3.25. The summed E-state index contributed by atoms with van der Waals surface area (Å²) in [4.78, 5) is 23.9. The van der Waals surface area contributed by atoms with Gasteiger partial charge >= 0.3 is 0 Å². The molecular formula is C21H30ClN7O4. The molecule has 1 atom stereocenters. The molecule has 1 heterocycles. The molecule has 0 fully saturated rings. The molecule has 1 aromatic carbocycles. The van der Waals surface area contributed by atoms with Crippen molar-refractivity contribution in [2.75, 3.05) is 45.4 Å². The van der Waals surface area contributed by atoms with Gasteiger partial charge in [-0.25, -0.2) is 9.97 Å². The van der Waals surface area contributed by atoms with E-state index in [1.54, 1.807) is 14.2 Å². The van der Waals surface area contributed by atoms with Crippen molar-refractivity contribution in [2.45, 2.75) is 25.4 Å². The van der Waals surface area contributed by atoms with Crippen LogP contribution >= 0.6 is 11.6 Å². The zero-order chi connectivity index (χ0) is 24.2. The van der Waals surface area contributed by atoms with Crippen molar-refractivity contribution in [3.8, 4) is 5.75 Å². The van der Waals surface area contributed by atoms with Crippen molar-refractivity contribution in [1.82, 2.24) is 15.3 Å². The number of benzene rings is 1. The van der Waals surface area contributed by atoms with Gasteiger partial charge in [-0.1, -0.05) is 23.7 Å². The summed E-state index contributed by atoms with van der Waals surface area (Å²) in [5.41, 5.74) is 17.9. The van der Waals surface area contributed by atoms with E-state index in [9.17, 15) is 4.79 Å². The smallest absolute Gasteiger partial charge is 0.280 e. The lowest BCUT2D eigenvalue weighted by molar-refractivity contribution is 0.000874. The van der Waals surface area contributed by atoms with Crippen molar-refractivity contribution in [3.05, 3.63) is 40.7 Å². The molecule has 12 heteroatoms. The minimum Gasteiger partial charge on any atom is -0.491 e. The zero-order valence-electron chi connectivity index (χ0n) is 18.7. The molecule has 0 aliphatic heterocycles. The predicted octanol–water partition coefficient (Wildman–Crippen LogP) is 1.40. The van der Waals surface area contributed by atoms with E-state index in [0.29, 0.717) is 19.8 Å². The highest BCUT2D eigenvalue weighted by Gasteiger charge is 2.16. The number of nitrogen functional groups attached to an aromatic ring is 2. The molecule has 7 N–H and O–H groups in total. The van der Waals surface area contributed by atoms with Gasteiger partial charge in [-0.15, -0.1) is 0 Å². The molecular weight excluding hydrogens is 450 g/mol. The molecule has 2 aromatic rings. The molecule has 1 amide bonds. The van der Waals surface area contributed by atoms with Crippen LogP contribution in [0.2, 0.25) is 5.15 Å². The Morgan fingerprint density at radius 2 is 1.85 bits per heavy atom. The van der Waals surface area contributed by atoms with E-state index in [1.165, 1.54) is 5.56 Å². The monoisotopic (exact) mass is 479 g/mol. The maximum atomic E-state index is 12.2. The SMILES string of the molecule is COCC(COc1ccc(CCCCN=C(N)NC(=O)c2nc(Cl)c(N)nc2N)cc1)OC. The normalized spacial score (nSPS) is 12.4. The number of aryl methyl sites for hydroxylation is 1. The summed E-state index contributed by atoms with van der Waals surface area (Å²) >= 11 is 5.78. The Morgan fingerprint density at radius 3 is 2.52 bits per heavy atom. The number of guanidine groups is 1. The fourth-order valence-electron chi connectivity index (χ4n) is 2.78. The third-order valence-electron chi connectivity index (χ3n) is 4.56. The standard InChI is InChI=1S/C21H30ClN7O4/c1-31-11-15(32-2)12-33-14-8-6-13(7-9-14)5-3-4-10-26-21(25)29-20(30)16-18(23)28-19(24)17(22)27-16/h6-9,15H,3-5,10-12H2,1-2H3,(H4,23,24,28)(H3,25,26,29,30). The van der Waals surface area contributed by atoms with Gasteiger partial charge < -0.3 is 31.4 Å². The first kappa shape index (κ1) is 26.1. The Labute approximate surface area is 197 Å². The lowest BCUT2D eigenvalue weighted by Crippen LogP contribution is -2.38. The largest absolute Gasteiger partial charge is 0.491 e. The first-order valence-electron chi connectivity index (χ1n) is 10.3. The average molecular weight is 480 g/mol. The number of methoxy groups -OCH3 is 2. The summed E-state index contributed by atoms with van der Waals surface area (Å²) in [5, 5.41) is 2.29. The van der Waals surface area contributed by atoms with Crippen LogP contribution in [0.15, 0.2) is 29.3 Å². The number of carbonyl (C=O) groups is 1. The van der Waals surface area contributed by atoms with Gasteiger partial charge in [0.25, 0.3) is 5.91 Å². The number of aromatic nitrogens is 2. The molecule has 0 saturated carbocycles. The lowest BCUT2D eigenvalue weighted by Gasteiger charge is -2.15. The number of nitrogens with zero attached hydrogens (tertiary/aromatic N) is 3. The van der Waals surface area contributed by atoms with Gasteiger partial charge in [0.05, 0.1) is 6.61 Å². The number of halogens is 1. The van der Waals surface area contributed by atoms with Crippen LogP contribution in [-0.4, -0.2) is 61.9 Å². The minimum absolute atomic E-state index is 0.0431. The van der Waals surface area contributed by atoms with Crippen LogP contribution in [0.5, 0.6) is 5.75 Å². The minimum atomic E-state index is -0.663. The molecule has 0 saturated heterocycles. The molecule has 0 aliphatic carbocycles. The molecule has 1 unspecified atom stereocenters. The number of aliphatic imine (C=N–C) groups is 1. The number of carbonyl (C=O) groups excluding carboxylic acids is 1. The zero-order valence-corrected chi connectivity index (χ0v) is 19.5. The highest BCUT2D eigenvalue weighted by Crippen LogP contribution is 2.17. The molecule has 33 heavy (non-hydrogen) atoms. The average Bonchev–Trinajstić information content (AvgIpc) is 2.79.